The van der Waals surface area contributed by atoms with Crippen molar-refractivity contribution in [3.8, 4) is 62.3 Å². The van der Waals surface area contributed by atoms with Crippen LogP contribution in [0.15, 0.2) is 265 Å². The number of halogens is 13. The zero-order valence-electron chi connectivity index (χ0n) is 79.9. The summed E-state index contributed by atoms with van der Waals surface area (Å²) in [6.07, 6.45) is -9.65. The van der Waals surface area contributed by atoms with Gasteiger partial charge in [0.05, 0.1) is 52.4 Å². The topological polar surface area (TPSA) is 348 Å². The number of nitrogens with two attached hydrogens (primary N) is 1. The standard InChI is InChI=1S/C26H27F3N2O5Si.C20H13F3N2O4.C19H21BF3NO4.C13H18BrNO3Si.C7H4BrNO2.C6H6BrNO.C6H15ClOSi/c1-17-14-23(32)30(18-8-10-19(11-9-18)36-26(27,28)29)15-21(17)20-6-5-7-22-24(20)35-25(33)31(22)16-34-12-13-37(2,3)4;1-11-9-17(26)25(12-5-7-13(8-6-12)29-20(21,22)23)10-15(11)14-3-2-4-16-18(14)28-19(27)24-16;1-12-10-16(25)24(13-6-8-14(9-7-13)26-19(21,22)23)11-15(12)20-27-17(2,3)18(4,5)28-20;1-19(2,3)8-7-17-9-15-11-6-4-5-10(14)12(11)18-13(15)16;8-4-2-1-3-5-6(4)11-7(10)9-5;7-4-2-1-3-5(8)6(4)9;1-9(2,3)5-4-8-6-7/h5-11,14-15H,12-13,16H2,1-4H3;2-10H,1H3,(H,24,27);6-11H,1-5H3;4-6H,7-9H2,1-3H3;1-3H,(H,9,10);1-3,9H,8H2;4-6H2,1-3H3. The first-order valence-corrected chi connectivity index (χ1v) is 57.8. The highest BCUT2D eigenvalue weighted by atomic mass is 79.9. The number of ether oxygens (including phenoxy) is 6. The Morgan fingerprint density at radius 3 is 1.15 bits per heavy atom. The van der Waals surface area contributed by atoms with Gasteiger partial charge in [0, 0.05) is 126 Å². The van der Waals surface area contributed by atoms with Crippen molar-refractivity contribution in [2.45, 2.75) is 169 Å². The van der Waals surface area contributed by atoms with Crippen LogP contribution in [-0.2, 0) is 37.0 Å². The number of phenolic OH excluding ortho intramolecular Hbond substituents is 1. The molecule has 1 aliphatic heterocycles. The van der Waals surface area contributed by atoms with Gasteiger partial charge in [-0.05, 0) is 252 Å². The molecule has 0 unspecified atom stereocenters. The van der Waals surface area contributed by atoms with Crippen LogP contribution < -0.4 is 65.1 Å². The average molecular weight is 2240 g/mol. The molecule has 0 spiro atoms. The number of anilines is 1. The number of benzene rings is 8. The highest BCUT2D eigenvalue weighted by molar-refractivity contribution is 9.11. The van der Waals surface area contributed by atoms with Gasteiger partial charge in [-0.3, -0.25) is 38.1 Å². The molecule has 0 bridgehead atoms. The highest BCUT2D eigenvalue weighted by Gasteiger charge is 2.52. The predicted octanol–water partition coefficient (Wildman–Crippen LogP) is 23.2. The molecule has 1 aliphatic rings. The van der Waals surface area contributed by atoms with E-state index in [1.54, 1.807) is 100 Å². The summed E-state index contributed by atoms with van der Waals surface area (Å²) in [6.45, 7) is 36.0. The Bertz CT molecular complexity index is 7310. The maximum atomic E-state index is 12.7. The predicted molar refractivity (Wildman–Crippen MR) is 547 cm³/mol. The summed E-state index contributed by atoms with van der Waals surface area (Å²) in [5, 5.41) is 9.03. The van der Waals surface area contributed by atoms with E-state index < -0.39 is 84.6 Å². The molecule has 1 saturated heterocycles. The lowest BCUT2D eigenvalue weighted by Gasteiger charge is -2.32. The number of alkyl halides is 10. The lowest BCUT2D eigenvalue weighted by atomic mass is 9.77. The van der Waals surface area contributed by atoms with E-state index in [4.69, 9.17) is 63.6 Å². The molecule has 1 fully saturated rings. The lowest BCUT2D eigenvalue weighted by molar-refractivity contribution is -0.275. The number of phenols is 1. The molecule has 758 valence electrons. The molecule has 142 heavy (non-hydrogen) atoms. The lowest BCUT2D eigenvalue weighted by Crippen LogP contribution is -2.41. The van der Waals surface area contributed by atoms with E-state index in [9.17, 15) is 73.1 Å². The number of fused-ring (bicyclic) bond motifs is 4. The number of hydrogen-bond donors (Lipinski definition) is 4. The fourth-order valence-corrected chi connectivity index (χ4v) is 17.1. The second-order valence-electron chi connectivity index (χ2n) is 36.9. The van der Waals surface area contributed by atoms with Gasteiger partial charge in [0.2, 0.25) is 0 Å². The minimum Gasteiger partial charge on any atom is -0.505 e. The first-order valence-electron chi connectivity index (χ1n) is 43.7. The second-order valence-corrected chi connectivity index (χ2v) is 56.5. The number of aromatic nitrogens is 7. The summed E-state index contributed by atoms with van der Waals surface area (Å²) < 4.78 is 181. The Hall–Kier alpha value is -11.7. The van der Waals surface area contributed by atoms with Crippen LogP contribution in [0.25, 0.3) is 83.7 Å². The molecular weight excluding hydrogens is 2140 g/mol. The van der Waals surface area contributed by atoms with Gasteiger partial charge in [0.15, 0.2) is 28.1 Å². The smallest absolute Gasteiger partial charge is 0.505 e. The minimum absolute atomic E-state index is 0.0601. The van der Waals surface area contributed by atoms with Crippen LogP contribution in [0.1, 0.15) is 44.4 Å². The van der Waals surface area contributed by atoms with Gasteiger partial charge in [-0.25, -0.2) is 28.3 Å². The van der Waals surface area contributed by atoms with Gasteiger partial charge >= 0.3 is 49.2 Å². The van der Waals surface area contributed by atoms with E-state index in [1.807, 2.05) is 58.0 Å². The number of rotatable bonds is 23. The molecule has 7 aromatic heterocycles. The number of nitrogens with one attached hydrogen (secondary N) is 2. The number of para-hydroxylation sites is 5. The second kappa shape index (κ2) is 47.2. The molecule has 0 amide bonds. The monoisotopic (exact) mass is 2240 g/mol. The maximum Gasteiger partial charge on any atom is 0.573 e. The van der Waals surface area contributed by atoms with E-state index in [2.05, 4.69) is 131 Å². The van der Waals surface area contributed by atoms with Crippen molar-refractivity contribution in [1.82, 2.24) is 32.8 Å². The van der Waals surface area contributed by atoms with Crippen LogP contribution >= 0.6 is 59.4 Å². The Balaban J connectivity index is 0.000000180. The Labute approximate surface area is 840 Å². The van der Waals surface area contributed by atoms with Gasteiger partial charge < -0.3 is 66.2 Å². The largest absolute Gasteiger partial charge is 0.573 e. The van der Waals surface area contributed by atoms with Crippen LogP contribution in [0, 0.1) is 20.8 Å². The van der Waals surface area contributed by atoms with Gasteiger partial charge in [0.25, 0.3) is 16.7 Å². The van der Waals surface area contributed by atoms with Gasteiger partial charge in [-0.2, -0.15) is 0 Å². The van der Waals surface area contributed by atoms with Crippen molar-refractivity contribution in [3.05, 3.63) is 304 Å². The summed E-state index contributed by atoms with van der Waals surface area (Å²) in [5.41, 5.74) is 14.2. The van der Waals surface area contributed by atoms with Gasteiger partial charge in [-0.15, -0.1) is 39.5 Å². The van der Waals surface area contributed by atoms with Crippen molar-refractivity contribution >= 4 is 146 Å². The normalized spacial score (nSPS) is 13.0. The number of nitrogen functional groups attached to an aromatic ring is 1. The van der Waals surface area contributed by atoms with Crippen LogP contribution in [-0.4, -0.2) is 125 Å². The molecule has 0 aliphatic carbocycles. The molecule has 16 rings (SSSR count). The molecule has 8 aromatic carbocycles. The highest BCUT2D eigenvalue weighted by Crippen LogP contribution is 2.39. The third-order valence-corrected chi connectivity index (χ3v) is 28.8. The minimum atomic E-state index is -4.81. The zero-order valence-corrected chi connectivity index (χ0v) is 88.4. The summed E-state index contributed by atoms with van der Waals surface area (Å²) in [5.74, 6) is -2.99. The number of hydrogen-bond acceptors (Lipinski definition) is 21. The quantitative estimate of drug-likeness (QED) is 0.0115. The summed E-state index contributed by atoms with van der Waals surface area (Å²) in [7, 11) is -3.92. The summed E-state index contributed by atoms with van der Waals surface area (Å²) >= 11 is 15.1. The third kappa shape index (κ3) is 31.7. The number of nitrogens with zero attached hydrogens (tertiary/aromatic N) is 5. The average Bonchev–Trinajstić information content (AvgIpc) is 1.65. The Morgan fingerprint density at radius 1 is 0.423 bits per heavy atom. The van der Waals surface area contributed by atoms with Gasteiger partial charge in [-0.1, -0.05) is 113 Å². The third-order valence-electron chi connectivity index (χ3n) is 21.7. The van der Waals surface area contributed by atoms with Gasteiger partial charge in [0.1, 0.15) is 36.8 Å². The van der Waals surface area contributed by atoms with Crippen LogP contribution in [0.4, 0.5) is 45.2 Å². The van der Waals surface area contributed by atoms with E-state index in [0.29, 0.717) is 130 Å². The number of aryl methyl sites for hydroxylation is 3. The molecule has 0 saturated carbocycles. The number of H-pyrrole nitrogens is 2. The van der Waals surface area contributed by atoms with E-state index in [-0.39, 0.29) is 53.1 Å². The number of aromatic amines is 2. The molecule has 0 atom stereocenters. The first-order chi connectivity index (χ1) is 66.2. The fourth-order valence-electron chi connectivity index (χ4n) is 13.5. The summed E-state index contributed by atoms with van der Waals surface area (Å²) in [6, 6.07) is 49.5. The van der Waals surface area contributed by atoms with Crippen molar-refractivity contribution in [2.75, 3.05) is 31.6 Å². The number of oxazole rings is 4. The molecule has 5 N–H and O–H groups in total. The SMILES string of the molecule is C[Si](C)(C)CCOCCl.C[Si](C)(C)CCOCn1c(=O)oc2c(Br)cccc21.Cc1cc(=O)n(-c2ccc(OC(F)(F)F)cc2)cc1-c1cccc2[nH]c(=O)oc12.Cc1cc(=O)n(-c2ccc(OC(F)(F)F)cc2)cc1-c1cccc2c1oc(=O)n2COCC[Si](C)(C)C.Cc1cc(=O)n(-c2ccc(OC(F)(F)F)cc2)cc1B1OC(C)(C)C(C)(C)O1.Nc1cccc(Br)c1O.O=c1[nH]c2cccc(Br)c2o1. The van der Waals surface area contributed by atoms with E-state index in [1.165, 1.54) is 83.5 Å². The zero-order chi connectivity index (χ0) is 105. The molecular formula is C97H104BBr3ClF9N8O20Si3. The van der Waals surface area contributed by atoms with Crippen molar-refractivity contribution < 1.29 is 100 Å². The number of pyridine rings is 3. The van der Waals surface area contributed by atoms with E-state index in [0.717, 1.165) is 69.6 Å². The fraction of sp³-hybridized carbons (Fsp3) is 0.309. The van der Waals surface area contributed by atoms with E-state index >= 15 is 0 Å². The van der Waals surface area contributed by atoms with Crippen molar-refractivity contribution in [3.63, 3.8) is 0 Å². The summed E-state index contributed by atoms with van der Waals surface area (Å²) in [4.78, 5) is 89.5. The Kier molecular flexibility index (Phi) is 37.3. The molecule has 28 nitrogen and oxygen atoms in total. The van der Waals surface area contributed by atoms with Crippen molar-refractivity contribution in [2.24, 2.45) is 0 Å². The first kappa shape index (κ1) is 112. The molecule has 0 radical (unpaired) electrons. The molecule has 45 heteroatoms. The number of aromatic hydroxyl groups is 1. The van der Waals surface area contributed by atoms with Crippen LogP contribution in [0.5, 0.6) is 23.0 Å². The van der Waals surface area contributed by atoms with Crippen molar-refractivity contribution in [1.29, 1.82) is 0 Å². The van der Waals surface area contributed by atoms with Crippen LogP contribution in [0.2, 0.25) is 77.1 Å². The molecule has 15 aromatic rings. The van der Waals surface area contributed by atoms with Crippen LogP contribution in [0.3, 0.4) is 0 Å². The molecule has 8 heterocycles. The maximum absolute atomic E-state index is 12.7. The Morgan fingerprint density at radius 2 is 0.761 bits per heavy atom.